The molecule has 1 aliphatic heterocycles. The Morgan fingerprint density at radius 3 is 2.89 bits per heavy atom. The molecule has 106 valence electrons. The third kappa shape index (κ3) is 2.36. The highest BCUT2D eigenvalue weighted by Gasteiger charge is 2.49. The first-order chi connectivity index (χ1) is 9.12. The second-order valence-electron chi connectivity index (χ2n) is 6.25. The van der Waals surface area contributed by atoms with E-state index in [-0.39, 0.29) is 0 Å². The average molecular weight is 265 g/mol. The minimum atomic E-state index is 0.320. The number of nitrogens with zero attached hydrogens (tertiary/aromatic N) is 3. The van der Waals surface area contributed by atoms with Gasteiger partial charge < -0.3 is 14.2 Å². The molecule has 1 aromatic heterocycles. The van der Waals surface area contributed by atoms with Crippen LogP contribution in [0.4, 0.5) is 6.01 Å². The molecule has 2 aliphatic rings. The highest BCUT2D eigenvalue weighted by Crippen LogP contribution is 2.50. The van der Waals surface area contributed by atoms with E-state index >= 15 is 0 Å². The molecule has 0 unspecified atom stereocenters. The summed E-state index contributed by atoms with van der Waals surface area (Å²) in [6.45, 7) is 9.12. The number of aromatic nitrogens is 2. The fraction of sp³-hybridized carbons (Fsp3) is 0.857. The fourth-order valence-electron chi connectivity index (χ4n) is 3.28. The van der Waals surface area contributed by atoms with Crippen molar-refractivity contribution in [1.29, 1.82) is 0 Å². The molecule has 2 heterocycles. The predicted molar refractivity (Wildman–Crippen MR) is 72.3 cm³/mol. The number of anilines is 1. The number of hydrogen-bond donors (Lipinski definition) is 0. The van der Waals surface area contributed by atoms with Crippen molar-refractivity contribution in [2.45, 2.75) is 52.1 Å². The summed E-state index contributed by atoms with van der Waals surface area (Å²) in [6, 6.07) is 0.695. The first kappa shape index (κ1) is 12.9. The van der Waals surface area contributed by atoms with Gasteiger partial charge in [-0.25, -0.2) is 0 Å². The standard InChI is InChI=1S/C14H23N3O2/c1-4-18-11-7-14(8-11)5-6-17(9-14)13-15-12(10(2)3)16-19-13/h10-11H,4-9H2,1-3H3. The van der Waals surface area contributed by atoms with E-state index < -0.39 is 0 Å². The van der Waals surface area contributed by atoms with Gasteiger partial charge in [-0.05, 0) is 31.6 Å². The molecular formula is C14H23N3O2. The second kappa shape index (κ2) is 4.78. The lowest BCUT2D eigenvalue weighted by Gasteiger charge is -2.44. The monoisotopic (exact) mass is 265 g/mol. The Kier molecular flexibility index (Phi) is 3.25. The molecule has 0 aromatic carbocycles. The Hall–Kier alpha value is -1.10. The Labute approximate surface area is 114 Å². The lowest BCUT2D eigenvalue weighted by atomic mass is 9.66. The molecule has 0 radical (unpaired) electrons. The van der Waals surface area contributed by atoms with Gasteiger partial charge in [0.1, 0.15) is 0 Å². The zero-order chi connectivity index (χ0) is 13.5. The van der Waals surface area contributed by atoms with Crippen LogP contribution in [0.15, 0.2) is 4.52 Å². The molecular weight excluding hydrogens is 242 g/mol. The third-order valence-electron chi connectivity index (χ3n) is 4.38. The Morgan fingerprint density at radius 2 is 2.26 bits per heavy atom. The fourth-order valence-corrected chi connectivity index (χ4v) is 3.28. The zero-order valence-corrected chi connectivity index (χ0v) is 12.1. The summed E-state index contributed by atoms with van der Waals surface area (Å²) in [4.78, 5) is 6.73. The zero-order valence-electron chi connectivity index (χ0n) is 12.1. The van der Waals surface area contributed by atoms with Crippen LogP contribution in [0.1, 0.15) is 51.8 Å². The Balaban J connectivity index is 1.60. The quantitative estimate of drug-likeness (QED) is 0.837. The largest absolute Gasteiger partial charge is 0.378 e. The summed E-state index contributed by atoms with van der Waals surface area (Å²) in [6.07, 6.45) is 4.06. The molecule has 0 bridgehead atoms. The maximum atomic E-state index is 5.67. The lowest BCUT2D eigenvalue weighted by molar-refractivity contribution is -0.0670. The molecule has 1 aliphatic carbocycles. The van der Waals surface area contributed by atoms with Crippen molar-refractivity contribution < 1.29 is 9.26 Å². The van der Waals surface area contributed by atoms with Gasteiger partial charge in [0, 0.05) is 25.6 Å². The maximum Gasteiger partial charge on any atom is 0.324 e. The number of rotatable bonds is 4. The van der Waals surface area contributed by atoms with Gasteiger partial charge in [0.25, 0.3) is 0 Å². The molecule has 0 atom stereocenters. The van der Waals surface area contributed by atoms with E-state index in [1.165, 1.54) is 19.3 Å². The van der Waals surface area contributed by atoms with E-state index in [2.05, 4.69) is 35.8 Å². The molecule has 1 aromatic rings. The molecule has 19 heavy (non-hydrogen) atoms. The van der Waals surface area contributed by atoms with Crippen LogP contribution in [0, 0.1) is 5.41 Å². The Morgan fingerprint density at radius 1 is 1.47 bits per heavy atom. The van der Waals surface area contributed by atoms with Gasteiger partial charge in [0.05, 0.1) is 6.10 Å². The Bertz CT molecular complexity index is 438. The maximum absolute atomic E-state index is 5.67. The summed E-state index contributed by atoms with van der Waals surface area (Å²) >= 11 is 0. The summed E-state index contributed by atoms with van der Waals surface area (Å²) in [5.41, 5.74) is 0.437. The summed E-state index contributed by atoms with van der Waals surface area (Å²) in [5, 5.41) is 4.04. The van der Waals surface area contributed by atoms with Gasteiger partial charge in [0.15, 0.2) is 5.82 Å². The lowest BCUT2D eigenvalue weighted by Crippen LogP contribution is -2.44. The molecule has 0 amide bonds. The van der Waals surface area contributed by atoms with Crippen LogP contribution in [0.2, 0.25) is 0 Å². The second-order valence-corrected chi connectivity index (χ2v) is 6.25. The molecule has 1 saturated heterocycles. The van der Waals surface area contributed by atoms with Gasteiger partial charge in [-0.15, -0.1) is 0 Å². The van der Waals surface area contributed by atoms with Gasteiger partial charge in [-0.3, -0.25) is 0 Å². The van der Waals surface area contributed by atoms with Crippen LogP contribution in [0.3, 0.4) is 0 Å². The SMILES string of the molecule is CCOC1CC2(CCN(c3nc(C(C)C)no3)C2)C1. The summed E-state index contributed by atoms with van der Waals surface area (Å²) in [5.74, 6) is 1.12. The molecule has 1 spiro atoms. The normalized spacial score (nSPS) is 30.3. The first-order valence-electron chi connectivity index (χ1n) is 7.32. The molecule has 5 heteroatoms. The van der Waals surface area contributed by atoms with Crippen LogP contribution in [0.5, 0.6) is 0 Å². The summed E-state index contributed by atoms with van der Waals surface area (Å²) in [7, 11) is 0. The van der Waals surface area contributed by atoms with Crippen molar-refractivity contribution in [1.82, 2.24) is 10.1 Å². The first-order valence-corrected chi connectivity index (χ1v) is 7.32. The van der Waals surface area contributed by atoms with E-state index in [1.54, 1.807) is 0 Å². The van der Waals surface area contributed by atoms with Crippen molar-refractivity contribution >= 4 is 6.01 Å². The molecule has 5 nitrogen and oxygen atoms in total. The minimum absolute atomic E-state index is 0.320. The van der Waals surface area contributed by atoms with Gasteiger partial charge >= 0.3 is 6.01 Å². The average Bonchev–Trinajstić information content (AvgIpc) is 2.93. The van der Waals surface area contributed by atoms with Gasteiger partial charge in [-0.1, -0.05) is 19.0 Å². The van der Waals surface area contributed by atoms with E-state index in [0.717, 1.165) is 25.5 Å². The molecule has 1 saturated carbocycles. The van der Waals surface area contributed by atoms with Crippen molar-refractivity contribution in [3.63, 3.8) is 0 Å². The van der Waals surface area contributed by atoms with E-state index in [0.29, 0.717) is 23.5 Å². The van der Waals surface area contributed by atoms with Crippen LogP contribution < -0.4 is 4.90 Å². The smallest absolute Gasteiger partial charge is 0.324 e. The summed E-state index contributed by atoms with van der Waals surface area (Å²) < 4.78 is 11.1. The third-order valence-corrected chi connectivity index (χ3v) is 4.38. The van der Waals surface area contributed by atoms with Crippen molar-refractivity contribution in [2.24, 2.45) is 5.41 Å². The van der Waals surface area contributed by atoms with Crippen LogP contribution in [-0.2, 0) is 4.74 Å². The number of ether oxygens (including phenoxy) is 1. The van der Waals surface area contributed by atoms with Gasteiger partial charge in [0.2, 0.25) is 0 Å². The molecule has 2 fully saturated rings. The highest BCUT2D eigenvalue weighted by atomic mass is 16.5. The van der Waals surface area contributed by atoms with Crippen molar-refractivity contribution in [3.05, 3.63) is 5.82 Å². The van der Waals surface area contributed by atoms with Crippen LogP contribution >= 0.6 is 0 Å². The van der Waals surface area contributed by atoms with Crippen molar-refractivity contribution in [2.75, 3.05) is 24.6 Å². The van der Waals surface area contributed by atoms with E-state index in [1.807, 2.05) is 0 Å². The van der Waals surface area contributed by atoms with Crippen LogP contribution in [0.25, 0.3) is 0 Å². The highest BCUT2D eigenvalue weighted by molar-refractivity contribution is 5.30. The predicted octanol–water partition coefficient (Wildman–Crippen LogP) is 2.59. The van der Waals surface area contributed by atoms with E-state index in [9.17, 15) is 0 Å². The minimum Gasteiger partial charge on any atom is -0.378 e. The van der Waals surface area contributed by atoms with Gasteiger partial charge in [-0.2, -0.15) is 4.98 Å². The topological polar surface area (TPSA) is 51.4 Å². The number of hydrogen-bond acceptors (Lipinski definition) is 5. The van der Waals surface area contributed by atoms with Crippen LogP contribution in [-0.4, -0.2) is 35.9 Å². The molecule has 0 N–H and O–H groups in total. The van der Waals surface area contributed by atoms with Crippen molar-refractivity contribution in [3.8, 4) is 0 Å². The van der Waals surface area contributed by atoms with E-state index in [4.69, 9.17) is 9.26 Å². The molecule has 3 rings (SSSR count).